The predicted molar refractivity (Wildman–Crippen MR) is 101 cm³/mol. The maximum Gasteiger partial charge on any atom is 0.190 e. The molecule has 0 aliphatic rings. The van der Waals surface area contributed by atoms with Crippen molar-refractivity contribution in [2.45, 2.75) is 0 Å². The van der Waals surface area contributed by atoms with E-state index in [0.717, 1.165) is 22.1 Å². The van der Waals surface area contributed by atoms with Gasteiger partial charge in [-0.2, -0.15) is 0 Å². The largest absolute Gasteiger partial charge is 0.508 e. The lowest BCUT2D eigenvalue weighted by Gasteiger charge is -2.15. The van der Waals surface area contributed by atoms with Crippen LogP contribution < -0.4 is 4.90 Å². The van der Waals surface area contributed by atoms with Crippen LogP contribution in [0, 0.1) is 0 Å². The summed E-state index contributed by atoms with van der Waals surface area (Å²) in [6.07, 6.45) is 0. The molecule has 4 aromatic rings. The number of anilines is 2. The molecule has 118 valence electrons. The molecule has 0 amide bonds. The van der Waals surface area contributed by atoms with Crippen LogP contribution in [0.3, 0.4) is 0 Å². The Balaban J connectivity index is 1.67. The van der Waals surface area contributed by atoms with Gasteiger partial charge in [0.2, 0.25) is 0 Å². The number of aromatic nitrogens is 1. The molecule has 0 saturated heterocycles. The number of hydrogen-bond donors (Lipinski definition) is 1. The van der Waals surface area contributed by atoms with Gasteiger partial charge in [0.15, 0.2) is 5.13 Å². The van der Waals surface area contributed by atoms with Crippen LogP contribution in [0.4, 0.5) is 10.8 Å². The van der Waals surface area contributed by atoms with E-state index >= 15 is 0 Å². The maximum atomic E-state index is 9.42. The van der Waals surface area contributed by atoms with Crippen molar-refractivity contribution in [2.24, 2.45) is 0 Å². The highest BCUT2D eigenvalue weighted by atomic mass is 32.1. The zero-order chi connectivity index (χ0) is 16.5. The van der Waals surface area contributed by atoms with Crippen LogP contribution in [0.5, 0.6) is 5.75 Å². The molecule has 0 atom stereocenters. The van der Waals surface area contributed by atoms with Crippen molar-refractivity contribution < 1.29 is 5.11 Å². The van der Waals surface area contributed by atoms with E-state index in [9.17, 15) is 5.11 Å². The normalized spacial score (nSPS) is 10.9. The Morgan fingerprint density at radius 2 is 1.67 bits per heavy atom. The average molecular weight is 332 g/mol. The lowest BCUT2D eigenvalue weighted by atomic mass is 10.1. The van der Waals surface area contributed by atoms with Crippen molar-refractivity contribution in [3.63, 3.8) is 0 Å². The van der Waals surface area contributed by atoms with Crippen molar-refractivity contribution in [3.05, 3.63) is 72.1 Å². The number of nitrogens with zero attached hydrogens (tertiary/aromatic N) is 2. The molecule has 0 unspecified atom stereocenters. The molecule has 0 aliphatic heterocycles. The summed E-state index contributed by atoms with van der Waals surface area (Å²) in [5.41, 5.74) is 3.09. The number of fused-ring (bicyclic) bond motifs is 1. The molecule has 1 heterocycles. The molecule has 3 nitrogen and oxygen atoms in total. The van der Waals surface area contributed by atoms with Gasteiger partial charge in [-0.3, -0.25) is 0 Å². The minimum Gasteiger partial charge on any atom is -0.508 e. The molecule has 0 saturated carbocycles. The van der Waals surface area contributed by atoms with Crippen LogP contribution in [-0.2, 0) is 0 Å². The summed E-state index contributed by atoms with van der Waals surface area (Å²) in [4.78, 5) is 6.79. The summed E-state index contributed by atoms with van der Waals surface area (Å²) in [6, 6.07) is 21.9. The first-order valence-corrected chi connectivity index (χ1v) is 8.56. The molecule has 3 aromatic carbocycles. The van der Waals surface area contributed by atoms with Gasteiger partial charge in [0.1, 0.15) is 5.75 Å². The zero-order valence-corrected chi connectivity index (χ0v) is 14.0. The van der Waals surface area contributed by atoms with Crippen LogP contribution in [0.25, 0.3) is 22.0 Å². The van der Waals surface area contributed by atoms with Gasteiger partial charge in [0.05, 0.1) is 5.69 Å². The predicted octanol–water partition coefficient (Wildman–Crippen LogP) is 5.44. The number of benzene rings is 3. The molecule has 4 heteroatoms. The van der Waals surface area contributed by atoms with E-state index in [2.05, 4.69) is 47.8 Å². The molecule has 0 spiro atoms. The lowest BCUT2D eigenvalue weighted by Crippen LogP contribution is -2.08. The Bertz CT molecular complexity index is 992. The second-order valence-electron chi connectivity index (χ2n) is 5.65. The Kier molecular flexibility index (Phi) is 3.67. The minimum atomic E-state index is 0.267. The van der Waals surface area contributed by atoms with Gasteiger partial charge in [-0.25, -0.2) is 4.98 Å². The summed E-state index contributed by atoms with van der Waals surface area (Å²) in [5, 5.41) is 14.9. The van der Waals surface area contributed by atoms with Gasteiger partial charge < -0.3 is 10.0 Å². The van der Waals surface area contributed by atoms with Crippen LogP contribution >= 0.6 is 11.3 Å². The molecule has 4 rings (SSSR count). The number of hydrogen-bond acceptors (Lipinski definition) is 4. The van der Waals surface area contributed by atoms with Crippen molar-refractivity contribution in [3.8, 4) is 17.0 Å². The molecule has 1 aromatic heterocycles. The molecule has 0 radical (unpaired) electrons. The van der Waals surface area contributed by atoms with Crippen molar-refractivity contribution in [1.29, 1.82) is 0 Å². The van der Waals surface area contributed by atoms with Gasteiger partial charge in [0.25, 0.3) is 0 Å². The Hall–Kier alpha value is -2.85. The van der Waals surface area contributed by atoms with Crippen molar-refractivity contribution in [1.82, 2.24) is 4.98 Å². The summed E-state index contributed by atoms with van der Waals surface area (Å²) in [6.45, 7) is 0. The molecular weight excluding hydrogens is 316 g/mol. The summed E-state index contributed by atoms with van der Waals surface area (Å²) in [7, 11) is 1.98. The molecule has 24 heavy (non-hydrogen) atoms. The van der Waals surface area contributed by atoms with E-state index in [0.29, 0.717) is 0 Å². The van der Waals surface area contributed by atoms with E-state index in [1.54, 1.807) is 23.5 Å². The molecule has 0 bridgehead atoms. The van der Waals surface area contributed by atoms with E-state index in [1.807, 2.05) is 24.1 Å². The van der Waals surface area contributed by atoms with Gasteiger partial charge in [-0.1, -0.05) is 36.4 Å². The number of thiazole rings is 1. The number of rotatable bonds is 3. The highest BCUT2D eigenvalue weighted by Crippen LogP contribution is 2.32. The lowest BCUT2D eigenvalue weighted by molar-refractivity contribution is 0.475. The standard InChI is InChI=1S/C20H16N2OS/c1-22(17-8-10-18(23)11-9-17)20-21-19(13-24-20)16-7-6-14-4-2-3-5-15(14)12-16/h2-13,23H,1H3. The van der Waals surface area contributed by atoms with Gasteiger partial charge in [0, 0.05) is 23.7 Å². The van der Waals surface area contributed by atoms with E-state index in [1.165, 1.54) is 10.8 Å². The molecule has 1 N–H and O–H groups in total. The highest BCUT2D eigenvalue weighted by Gasteiger charge is 2.10. The van der Waals surface area contributed by atoms with Crippen LogP contribution in [0.2, 0.25) is 0 Å². The third kappa shape index (κ3) is 2.72. The smallest absolute Gasteiger partial charge is 0.190 e. The second kappa shape index (κ2) is 5.98. The van der Waals surface area contributed by atoms with Crippen LogP contribution in [0.1, 0.15) is 0 Å². The summed E-state index contributed by atoms with van der Waals surface area (Å²) in [5.74, 6) is 0.267. The van der Waals surface area contributed by atoms with Gasteiger partial charge in [-0.05, 0) is 41.1 Å². The van der Waals surface area contributed by atoms with Crippen molar-refractivity contribution in [2.75, 3.05) is 11.9 Å². The SMILES string of the molecule is CN(c1ccc(O)cc1)c1nc(-c2ccc3ccccc3c2)cs1. The summed E-state index contributed by atoms with van der Waals surface area (Å²) < 4.78 is 0. The molecular formula is C20H16N2OS. The molecule has 0 aliphatic carbocycles. The first-order chi connectivity index (χ1) is 11.7. The zero-order valence-electron chi connectivity index (χ0n) is 13.2. The average Bonchev–Trinajstić information content (AvgIpc) is 3.11. The fourth-order valence-corrected chi connectivity index (χ4v) is 3.51. The Morgan fingerprint density at radius 1 is 0.917 bits per heavy atom. The van der Waals surface area contributed by atoms with Crippen LogP contribution in [-0.4, -0.2) is 17.1 Å². The number of phenols is 1. The third-order valence-corrected chi connectivity index (χ3v) is 4.98. The van der Waals surface area contributed by atoms with E-state index < -0.39 is 0 Å². The highest BCUT2D eigenvalue weighted by molar-refractivity contribution is 7.14. The summed E-state index contributed by atoms with van der Waals surface area (Å²) >= 11 is 1.61. The number of phenolic OH excluding ortho intramolecular Hbond substituents is 1. The monoisotopic (exact) mass is 332 g/mol. The fourth-order valence-electron chi connectivity index (χ4n) is 2.69. The Labute approximate surface area is 144 Å². The molecule has 0 fully saturated rings. The topological polar surface area (TPSA) is 36.4 Å². The first kappa shape index (κ1) is 14.7. The quantitative estimate of drug-likeness (QED) is 0.543. The van der Waals surface area contributed by atoms with E-state index in [-0.39, 0.29) is 5.75 Å². The third-order valence-electron chi connectivity index (χ3n) is 4.06. The van der Waals surface area contributed by atoms with E-state index in [4.69, 9.17) is 4.98 Å². The Morgan fingerprint density at radius 3 is 2.46 bits per heavy atom. The number of aromatic hydroxyl groups is 1. The second-order valence-corrected chi connectivity index (χ2v) is 6.49. The van der Waals surface area contributed by atoms with Gasteiger partial charge in [-0.15, -0.1) is 11.3 Å². The van der Waals surface area contributed by atoms with Crippen molar-refractivity contribution >= 4 is 32.9 Å². The van der Waals surface area contributed by atoms with Gasteiger partial charge >= 0.3 is 0 Å². The minimum absolute atomic E-state index is 0.267. The first-order valence-electron chi connectivity index (χ1n) is 7.68. The maximum absolute atomic E-state index is 9.42. The van der Waals surface area contributed by atoms with Crippen LogP contribution in [0.15, 0.2) is 72.1 Å². The fraction of sp³-hybridized carbons (Fsp3) is 0.0500.